The third-order valence-corrected chi connectivity index (χ3v) is 4.08. The molecule has 2 rings (SSSR count). The summed E-state index contributed by atoms with van der Waals surface area (Å²) < 4.78 is 0. The maximum Gasteiger partial charge on any atom is 0.256 e. The van der Waals surface area contributed by atoms with Gasteiger partial charge in [-0.25, -0.2) is 0 Å². The number of rotatable bonds is 3. The van der Waals surface area contributed by atoms with Crippen LogP contribution >= 0.6 is 0 Å². The Morgan fingerprint density at radius 3 is 2.45 bits per heavy atom. The molecule has 1 atom stereocenters. The van der Waals surface area contributed by atoms with Crippen molar-refractivity contribution < 1.29 is 9.90 Å². The fourth-order valence-electron chi connectivity index (χ4n) is 2.72. The van der Waals surface area contributed by atoms with Crippen molar-refractivity contribution in [2.24, 2.45) is 0 Å². The fraction of sp³-hybridized carbons (Fsp3) is 0.562. The Labute approximate surface area is 121 Å². The van der Waals surface area contributed by atoms with Gasteiger partial charge in [-0.05, 0) is 31.5 Å². The van der Waals surface area contributed by atoms with Gasteiger partial charge in [-0.1, -0.05) is 30.7 Å². The normalized spacial score (nSPS) is 18.1. The summed E-state index contributed by atoms with van der Waals surface area (Å²) in [4.78, 5) is 16.5. The first-order valence-electron chi connectivity index (χ1n) is 7.29. The summed E-state index contributed by atoms with van der Waals surface area (Å²) in [5.41, 5.74) is 2.83. The first kappa shape index (κ1) is 15.0. The molecule has 1 heterocycles. The van der Waals surface area contributed by atoms with Gasteiger partial charge in [-0.3, -0.25) is 4.79 Å². The molecule has 1 unspecified atom stereocenters. The van der Waals surface area contributed by atoms with E-state index in [2.05, 4.69) is 11.8 Å². The number of carbonyl (C=O) groups excluding carboxylic acids is 1. The van der Waals surface area contributed by atoms with Crippen LogP contribution in [-0.4, -0.2) is 53.5 Å². The van der Waals surface area contributed by atoms with E-state index in [1.807, 2.05) is 32.0 Å². The molecule has 1 aliphatic rings. The molecular weight excluding hydrogens is 252 g/mol. The maximum absolute atomic E-state index is 12.4. The van der Waals surface area contributed by atoms with Gasteiger partial charge in [0.15, 0.2) is 6.10 Å². The summed E-state index contributed by atoms with van der Waals surface area (Å²) in [6, 6.07) is 5.80. The lowest BCUT2D eigenvalue weighted by molar-refractivity contribution is -0.142. The molecule has 0 saturated carbocycles. The molecule has 4 nitrogen and oxygen atoms in total. The summed E-state index contributed by atoms with van der Waals surface area (Å²) in [6.45, 7) is 10.3. The van der Waals surface area contributed by atoms with E-state index in [1.165, 1.54) is 0 Å². The highest BCUT2D eigenvalue weighted by molar-refractivity contribution is 5.82. The average molecular weight is 276 g/mol. The second-order valence-corrected chi connectivity index (χ2v) is 5.52. The highest BCUT2D eigenvalue weighted by atomic mass is 16.3. The molecule has 1 amide bonds. The number of benzene rings is 1. The predicted molar refractivity (Wildman–Crippen MR) is 79.6 cm³/mol. The monoisotopic (exact) mass is 276 g/mol. The Kier molecular flexibility index (Phi) is 4.78. The number of amides is 1. The zero-order valence-corrected chi connectivity index (χ0v) is 12.6. The number of aryl methyl sites for hydroxylation is 2. The molecule has 1 saturated heterocycles. The van der Waals surface area contributed by atoms with Crippen LogP contribution in [0, 0.1) is 13.8 Å². The minimum Gasteiger partial charge on any atom is -0.378 e. The number of likely N-dealkylation sites (N-methyl/N-ethyl adjacent to an activating group) is 1. The van der Waals surface area contributed by atoms with Gasteiger partial charge in [0.05, 0.1) is 0 Å². The average Bonchev–Trinajstić information content (AvgIpc) is 2.46. The first-order chi connectivity index (χ1) is 9.52. The lowest BCUT2D eigenvalue weighted by Gasteiger charge is -2.35. The molecule has 20 heavy (non-hydrogen) atoms. The summed E-state index contributed by atoms with van der Waals surface area (Å²) in [6.07, 6.45) is -1.04. The van der Waals surface area contributed by atoms with E-state index in [0.29, 0.717) is 13.1 Å². The lowest BCUT2D eigenvalue weighted by Crippen LogP contribution is -2.49. The maximum atomic E-state index is 12.4. The van der Waals surface area contributed by atoms with E-state index in [9.17, 15) is 9.90 Å². The summed E-state index contributed by atoms with van der Waals surface area (Å²) >= 11 is 0. The third-order valence-electron chi connectivity index (χ3n) is 4.08. The van der Waals surface area contributed by atoms with E-state index >= 15 is 0 Å². The van der Waals surface area contributed by atoms with Crippen molar-refractivity contribution in [3.63, 3.8) is 0 Å². The van der Waals surface area contributed by atoms with Crippen LogP contribution in [0.3, 0.4) is 0 Å². The van der Waals surface area contributed by atoms with Gasteiger partial charge < -0.3 is 14.9 Å². The van der Waals surface area contributed by atoms with E-state index in [1.54, 1.807) is 4.90 Å². The second-order valence-electron chi connectivity index (χ2n) is 5.52. The number of nitrogens with zero attached hydrogens (tertiary/aromatic N) is 2. The van der Waals surface area contributed by atoms with Gasteiger partial charge in [0, 0.05) is 26.2 Å². The highest BCUT2D eigenvalue weighted by Gasteiger charge is 2.27. The molecule has 1 aromatic carbocycles. The SMILES string of the molecule is CCN1CCN(C(=O)C(O)c2ccc(C)cc2C)CC1. The number of aliphatic hydroxyl groups is 1. The summed E-state index contributed by atoms with van der Waals surface area (Å²) in [7, 11) is 0. The number of hydrogen-bond acceptors (Lipinski definition) is 3. The summed E-state index contributed by atoms with van der Waals surface area (Å²) in [5.74, 6) is -0.173. The molecular formula is C16H24N2O2. The molecule has 0 aromatic heterocycles. The van der Waals surface area contributed by atoms with Crippen molar-refractivity contribution in [1.29, 1.82) is 0 Å². The van der Waals surface area contributed by atoms with Crippen molar-refractivity contribution in [3.8, 4) is 0 Å². The smallest absolute Gasteiger partial charge is 0.256 e. The van der Waals surface area contributed by atoms with Crippen LogP contribution in [0.1, 0.15) is 29.7 Å². The molecule has 1 aliphatic heterocycles. The second kappa shape index (κ2) is 6.37. The Morgan fingerprint density at radius 2 is 1.90 bits per heavy atom. The van der Waals surface area contributed by atoms with Gasteiger partial charge in [0.25, 0.3) is 5.91 Å². The van der Waals surface area contributed by atoms with Crippen LogP contribution in [0.4, 0.5) is 0 Å². The Hall–Kier alpha value is -1.39. The van der Waals surface area contributed by atoms with Crippen molar-refractivity contribution in [1.82, 2.24) is 9.80 Å². The molecule has 0 aliphatic carbocycles. The van der Waals surface area contributed by atoms with E-state index < -0.39 is 6.10 Å². The van der Waals surface area contributed by atoms with Gasteiger partial charge in [-0.15, -0.1) is 0 Å². The standard InChI is InChI=1S/C16H24N2O2/c1-4-17-7-9-18(10-8-17)16(20)15(19)14-6-5-12(2)11-13(14)3/h5-6,11,15,19H,4,7-10H2,1-3H3. The van der Waals surface area contributed by atoms with Crippen molar-refractivity contribution in [2.45, 2.75) is 26.9 Å². The largest absolute Gasteiger partial charge is 0.378 e. The zero-order valence-electron chi connectivity index (χ0n) is 12.6. The van der Waals surface area contributed by atoms with Crippen LogP contribution in [0.5, 0.6) is 0 Å². The fourth-order valence-corrected chi connectivity index (χ4v) is 2.72. The van der Waals surface area contributed by atoms with Crippen LogP contribution in [0.25, 0.3) is 0 Å². The Bertz CT molecular complexity index is 479. The van der Waals surface area contributed by atoms with Crippen LogP contribution in [0.15, 0.2) is 18.2 Å². The van der Waals surface area contributed by atoms with Crippen LogP contribution in [-0.2, 0) is 4.79 Å². The van der Waals surface area contributed by atoms with Gasteiger partial charge in [-0.2, -0.15) is 0 Å². The van der Waals surface area contributed by atoms with Gasteiger partial charge in [0.2, 0.25) is 0 Å². The van der Waals surface area contributed by atoms with E-state index in [-0.39, 0.29) is 5.91 Å². The molecule has 1 aromatic rings. The molecule has 0 spiro atoms. The van der Waals surface area contributed by atoms with Crippen molar-refractivity contribution in [3.05, 3.63) is 34.9 Å². The first-order valence-corrected chi connectivity index (χ1v) is 7.29. The Balaban J connectivity index is 2.05. The predicted octanol–water partition coefficient (Wildman–Crippen LogP) is 1.50. The van der Waals surface area contributed by atoms with Crippen LogP contribution < -0.4 is 0 Å². The number of carbonyl (C=O) groups is 1. The number of aliphatic hydroxyl groups excluding tert-OH is 1. The number of piperazine rings is 1. The molecule has 0 radical (unpaired) electrons. The quantitative estimate of drug-likeness (QED) is 0.910. The highest BCUT2D eigenvalue weighted by Crippen LogP contribution is 2.21. The van der Waals surface area contributed by atoms with Gasteiger partial charge >= 0.3 is 0 Å². The zero-order chi connectivity index (χ0) is 14.7. The van der Waals surface area contributed by atoms with Crippen LogP contribution in [0.2, 0.25) is 0 Å². The number of hydrogen-bond donors (Lipinski definition) is 1. The van der Waals surface area contributed by atoms with Crippen molar-refractivity contribution in [2.75, 3.05) is 32.7 Å². The molecule has 4 heteroatoms. The van der Waals surface area contributed by atoms with E-state index in [4.69, 9.17) is 0 Å². The minimum atomic E-state index is -1.04. The van der Waals surface area contributed by atoms with Gasteiger partial charge in [0.1, 0.15) is 0 Å². The minimum absolute atomic E-state index is 0.173. The molecule has 1 fully saturated rings. The Morgan fingerprint density at radius 1 is 1.25 bits per heavy atom. The summed E-state index contributed by atoms with van der Waals surface area (Å²) in [5, 5.41) is 10.3. The lowest BCUT2D eigenvalue weighted by atomic mass is 10.00. The van der Waals surface area contributed by atoms with E-state index in [0.717, 1.165) is 36.3 Å². The molecule has 1 N–H and O–H groups in total. The molecule has 0 bridgehead atoms. The molecule has 110 valence electrons. The third kappa shape index (κ3) is 3.19. The topological polar surface area (TPSA) is 43.8 Å². The van der Waals surface area contributed by atoms with Crippen molar-refractivity contribution >= 4 is 5.91 Å².